The number of rotatable bonds is 3. The van der Waals surface area contributed by atoms with Gasteiger partial charge in [0.15, 0.2) is 5.88 Å². The van der Waals surface area contributed by atoms with Crippen LogP contribution in [-0.4, -0.2) is 23.8 Å². The van der Waals surface area contributed by atoms with Crippen LogP contribution in [0.25, 0.3) is 0 Å². The smallest absolute Gasteiger partial charge is 0.405 e. The van der Waals surface area contributed by atoms with E-state index in [9.17, 15) is 18.0 Å². The summed E-state index contributed by atoms with van der Waals surface area (Å²) in [6, 6.07) is 2.19. The SMILES string of the molecule is O=C(O)c1ccc(NCC(F)(F)F)o1. The summed E-state index contributed by atoms with van der Waals surface area (Å²) in [5.74, 6) is -1.96. The van der Waals surface area contributed by atoms with E-state index in [-0.39, 0.29) is 5.88 Å². The highest BCUT2D eigenvalue weighted by molar-refractivity contribution is 5.84. The molecule has 0 fully saturated rings. The van der Waals surface area contributed by atoms with Gasteiger partial charge in [0, 0.05) is 6.07 Å². The fourth-order valence-electron chi connectivity index (χ4n) is 0.735. The molecule has 4 nitrogen and oxygen atoms in total. The van der Waals surface area contributed by atoms with Crippen LogP contribution in [-0.2, 0) is 0 Å². The summed E-state index contributed by atoms with van der Waals surface area (Å²) in [6.45, 7) is -1.26. The molecule has 0 aliphatic heterocycles. The molecule has 0 aliphatic rings. The molecule has 1 aromatic heterocycles. The summed E-state index contributed by atoms with van der Waals surface area (Å²) >= 11 is 0. The number of halogens is 3. The summed E-state index contributed by atoms with van der Waals surface area (Å²) in [7, 11) is 0. The standard InChI is InChI=1S/C7H6F3NO3/c8-7(9,10)3-11-5-2-1-4(14-5)6(12)13/h1-2,11H,3H2,(H,12,13). The summed E-state index contributed by atoms with van der Waals surface area (Å²) in [5.41, 5.74) is 0. The van der Waals surface area contributed by atoms with Crippen LogP contribution in [0.15, 0.2) is 16.5 Å². The van der Waals surface area contributed by atoms with Gasteiger partial charge >= 0.3 is 12.1 Å². The van der Waals surface area contributed by atoms with E-state index < -0.39 is 24.5 Å². The molecule has 1 aromatic rings. The Balaban J connectivity index is 2.56. The molecule has 0 aromatic carbocycles. The monoisotopic (exact) mass is 209 g/mol. The number of nitrogens with one attached hydrogen (secondary N) is 1. The van der Waals surface area contributed by atoms with E-state index in [1.807, 2.05) is 5.32 Å². The lowest BCUT2D eigenvalue weighted by atomic mass is 10.4. The molecule has 0 unspecified atom stereocenters. The zero-order valence-corrected chi connectivity index (χ0v) is 6.76. The Morgan fingerprint density at radius 1 is 1.50 bits per heavy atom. The van der Waals surface area contributed by atoms with Crippen molar-refractivity contribution in [2.45, 2.75) is 6.18 Å². The second kappa shape index (κ2) is 3.60. The molecule has 0 amide bonds. The Morgan fingerprint density at radius 3 is 2.57 bits per heavy atom. The predicted octanol–water partition coefficient (Wildman–Crippen LogP) is 1.95. The van der Waals surface area contributed by atoms with Gasteiger partial charge in [0.1, 0.15) is 6.54 Å². The second-order valence-electron chi connectivity index (χ2n) is 2.44. The van der Waals surface area contributed by atoms with Gasteiger partial charge in [-0.3, -0.25) is 0 Å². The van der Waals surface area contributed by atoms with E-state index in [0.29, 0.717) is 0 Å². The van der Waals surface area contributed by atoms with E-state index in [0.717, 1.165) is 12.1 Å². The number of carboxylic acids is 1. The van der Waals surface area contributed by atoms with Crippen LogP contribution in [0.5, 0.6) is 0 Å². The van der Waals surface area contributed by atoms with Crippen molar-refractivity contribution >= 4 is 11.9 Å². The first kappa shape index (κ1) is 10.4. The van der Waals surface area contributed by atoms with Gasteiger partial charge < -0.3 is 14.8 Å². The van der Waals surface area contributed by atoms with Gasteiger partial charge in [-0.05, 0) is 6.07 Å². The number of alkyl halides is 3. The lowest BCUT2D eigenvalue weighted by molar-refractivity contribution is -0.115. The van der Waals surface area contributed by atoms with Crippen LogP contribution >= 0.6 is 0 Å². The Kier molecular flexibility index (Phi) is 2.68. The van der Waals surface area contributed by atoms with Gasteiger partial charge in [-0.1, -0.05) is 0 Å². The van der Waals surface area contributed by atoms with Crippen molar-refractivity contribution in [1.82, 2.24) is 0 Å². The van der Waals surface area contributed by atoms with Crippen molar-refractivity contribution < 1.29 is 27.5 Å². The van der Waals surface area contributed by atoms with Gasteiger partial charge in [-0.2, -0.15) is 13.2 Å². The number of carbonyl (C=O) groups is 1. The van der Waals surface area contributed by atoms with Crippen LogP contribution in [0.2, 0.25) is 0 Å². The molecule has 0 atom stereocenters. The first-order valence-corrected chi connectivity index (χ1v) is 3.52. The Labute approximate surface area is 76.3 Å². The van der Waals surface area contributed by atoms with Gasteiger partial charge in [0.25, 0.3) is 0 Å². The Hall–Kier alpha value is -1.66. The molecule has 0 saturated carbocycles. The van der Waals surface area contributed by atoms with Crippen LogP contribution in [0.3, 0.4) is 0 Å². The average molecular weight is 209 g/mol. The highest BCUT2D eigenvalue weighted by Crippen LogP contribution is 2.18. The van der Waals surface area contributed by atoms with Crippen LogP contribution < -0.4 is 5.32 Å². The minimum atomic E-state index is -4.36. The zero-order chi connectivity index (χ0) is 10.8. The average Bonchev–Trinajstić information content (AvgIpc) is 2.47. The maximum Gasteiger partial charge on any atom is 0.405 e. The molecular weight excluding hydrogens is 203 g/mol. The fourth-order valence-corrected chi connectivity index (χ4v) is 0.735. The van der Waals surface area contributed by atoms with E-state index in [2.05, 4.69) is 4.42 Å². The Morgan fingerprint density at radius 2 is 2.14 bits per heavy atom. The summed E-state index contributed by atoms with van der Waals surface area (Å²) in [5, 5.41) is 10.3. The van der Waals surface area contributed by atoms with Crippen LogP contribution in [0.1, 0.15) is 10.6 Å². The van der Waals surface area contributed by atoms with Crippen molar-refractivity contribution in [3.63, 3.8) is 0 Å². The molecular formula is C7H6F3NO3. The van der Waals surface area contributed by atoms with Crippen molar-refractivity contribution in [1.29, 1.82) is 0 Å². The van der Waals surface area contributed by atoms with Crippen molar-refractivity contribution in [2.24, 2.45) is 0 Å². The number of anilines is 1. The third-order valence-corrected chi connectivity index (χ3v) is 1.28. The highest BCUT2D eigenvalue weighted by atomic mass is 19.4. The third kappa shape index (κ3) is 3.00. The minimum absolute atomic E-state index is 0.222. The van der Waals surface area contributed by atoms with Crippen molar-refractivity contribution in [2.75, 3.05) is 11.9 Å². The highest BCUT2D eigenvalue weighted by Gasteiger charge is 2.27. The first-order valence-electron chi connectivity index (χ1n) is 3.52. The molecule has 78 valence electrons. The molecule has 0 spiro atoms. The maximum absolute atomic E-state index is 11.7. The molecule has 0 radical (unpaired) electrons. The topological polar surface area (TPSA) is 62.5 Å². The second-order valence-corrected chi connectivity index (χ2v) is 2.44. The van der Waals surface area contributed by atoms with Crippen LogP contribution in [0, 0.1) is 0 Å². The summed E-state index contributed by atoms with van der Waals surface area (Å²) in [4.78, 5) is 10.3. The maximum atomic E-state index is 11.7. The normalized spacial score (nSPS) is 11.4. The number of hydrogen-bond acceptors (Lipinski definition) is 3. The largest absolute Gasteiger partial charge is 0.475 e. The number of hydrogen-bond donors (Lipinski definition) is 2. The van der Waals surface area contributed by atoms with E-state index >= 15 is 0 Å². The van der Waals surface area contributed by atoms with Gasteiger partial charge in [-0.15, -0.1) is 0 Å². The van der Waals surface area contributed by atoms with Gasteiger partial charge in [-0.25, -0.2) is 4.79 Å². The van der Waals surface area contributed by atoms with Gasteiger partial charge in [0.2, 0.25) is 5.76 Å². The molecule has 0 aliphatic carbocycles. The number of furan rings is 1. The van der Waals surface area contributed by atoms with Crippen molar-refractivity contribution in [3.8, 4) is 0 Å². The lowest BCUT2D eigenvalue weighted by Crippen LogP contribution is -2.20. The fraction of sp³-hybridized carbons (Fsp3) is 0.286. The molecule has 1 heterocycles. The minimum Gasteiger partial charge on any atom is -0.475 e. The molecule has 2 N–H and O–H groups in total. The predicted molar refractivity (Wildman–Crippen MR) is 40.2 cm³/mol. The summed E-state index contributed by atoms with van der Waals surface area (Å²) in [6.07, 6.45) is -4.36. The lowest BCUT2D eigenvalue weighted by Gasteiger charge is -2.05. The quantitative estimate of drug-likeness (QED) is 0.798. The van der Waals surface area contributed by atoms with E-state index in [4.69, 9.17) is 5.11 Å². The summed E-state index contributed by atoms with van der Waals surface area (Å²) < 4.78 is 39.6. The third-order valence-electron chi connectivity index (χ3n) is 1.28. The first-order chi connectivity index (χ1) is 6.38. The molecule has 14 heavy (non-hydrogen) atoms. The van der Waals surface area contributed by atoms with Crippen molar-refractivity contribution in [3.05, 3.63) is 17.9 Å². The zero-order valence-electron chi connectivity index (χ0n) is 6.76. The Bertz CT molecular complexity index is 331. The molecule has 0 bridgehead atoms. The molecule has 1 rings (SSSR count). The number of aromatic carboxylic acids is 1. The van der Waals surface area contributed by atoms with Crippen LogP contribution in [0.4, 0.5) is 19.1 Å². The van der Waals surface area contributed by atoms with E-state index in [1.54, 1.807) is 0 Å². The molecule has 7 heteroatoms. The molecule has 0 saturated heterocycles. The number of carboxylic acid groups (broad SMARTS) is 1. The van der Waals surface area contributed by atoms with Gasteiger partial charge in [0.05, 0.1) is 0 Å². The van der Waals surface area contributed by atoms with E-state index in [1.165, 1.54) is 0 Å².